The molecule has 0 saturated carbocycles. The van der Waals surface area contributed by atoms with Gasteiger partial charge in [0.2, 0.25) is 5.91 Å². The zero-order valence-corrected chi connectivity index (χ0v) is 22.2. The van der Waals surface area contributed by atoms with E-state index in [1.165, 1.54) is 0 Å². The van der Waals surface area contributed by atoms with E-state index in [9.17, 15) is 14.7 Å². The van der Waals surface area contributed by atoms with Crippen LogP contribution in [0.4, 0.5) is 0 Å². The summed E-state index contributed by atoms with van der Waals surface area (Å²) in [5.41, 5.74) is 0. The largest absolute Gasteiger partial charge is 0.481 e. The molecule has 0 aliphatic carbocycles. The summed E-state index contributed by atoms with van der Waals surface area (Å²) in [5, 5.41) is 16.0. The summed E-state index contributed by atoms with van der Waals surface area (Å²) < 4.78 is 15.8. The summed E-state index contributed by atoms with van der Waals surface area (Å²) >= 11 is 5.57. The third-order valence-electron chi connectivity index (χ3n) is 5.15. The molecule has 0 aliphatic rings. The molecule has 0 rings (SSSR count). The van der Waals surface area contributed by atoms with E-state index in [1.807, 2.05) is 20.8 Å². The maximum Gasteiger partial charge on any atom is 0.307 e. The van der Waals surface area contributed by atoms with E-state index in [-0.39, 0.29) is 17.9 Å². The Bertz CT molecular complexity index is 559. The second-order valence-corrected chi connectivity index (χ2v) is 9.61. The molecule has 3 unspecified atom stereocenters. The highest BCUT2D eigenvalue weighted by Crippen LogP contribution is 2.26. The standard InChI is InChI=1S/C24H46N2O6S/c1-7-8-19(24(28)29)20(15-17(2)3)22(27)26-21(16-18(4)5)23(33)25-9-10-31-13-14-32-12-11-30-6/h17-21H,7-16H2,1-6H3,(H,25,33)(H,26,27)(H,28,29). The minimum atomic E-state index is -0.915. The Morgan fingerprint density at radius 3 is 2.00 bits per heavy atom. The molecule has 0 aromatic rings. The van der Waals surface area contributed by atoms with Crippen molar-refractivity contribution in [2.24, 2.45) is 23.7 Å². The van der Waals surface area contributed by atoms with Crippen LogP contribution in [0.3, 0.4) is 0 Å². The molecule has 0 aliphatic heterocycles. The number of ether oxygens (including phenoxy) is 3. The lowest BCUT2D eigenvalue weighted by Crippen LogP contribution is -2.50. The third-order valence-corrected chi connectivity index (χ3v) is 5.58. The number of carboxylic acid groups (broad SMARTS) is 1. The van der Waals surface area contributed by atoms with Gasteiger partial charge in [-0.05, 0) is 31.1 Å². The summed E-state index contributed by atoms with van der Waals surface area (Å²) in [4.78, 5) is 25.6. The van der Waals surface area contributed by atoms with Gasteiger partial charge in [-0.3, -0.25) is 9.59 Å². The Hall–Kier alpha value is -1.29. The van der Waals surface area contributed by atoms with Crippen LogP contribution < -0.4 is 10.6 Å². The molecule has 0 radical (unpaired) electrons. The number of nitrogens with one attached hydrogen (secondary N) is 2. The van der Waals surface area contributed by atoms with Gasteiger partial charge in [-0.25, -0.2) is 0 Å². The summed E-state index contributed by atoms with van der Waals surface area (Å²) in [6.45, 7) is 13.1. The van der Waals surface area contributed by atoms with Gasteiger partial charge < -0.3 is 30.0 Å². The maximum absolute atomic E-state index is 13.2. The number of thiocarbonyl (C=S) groups is 1. The van der Waals surface area contributed by atoms with E-state index in [2.05, 4.69) is 24.5 Å². The number of amides is 1. The smallest absolute Gasteiger partial charge is 0.307 e. The van der Waals surface area contributed by atoms with E-state index in [1.54, 1.807) is 7.11 Å². The summed E-state index contributed by atoms with van der Waals surface area (Å²) in [7, 11) is 1.63. The average Bonchev–Trinajstić information content (AvgIpc) is 2.73. The first-order valence-electron chi connectivity index (χ1n) is 12.1. The van der Waals surface area contributed by atoms with Crippen molar-refractivity contribution in [3.63, 3.8) is 0 Å². The third kappa shape index (κ3) is 15.3. The number of hydrogen-bond acceptors (Lipinski definition) is 6. The monoisotopic (exact) mass is 490 g/mol. The number of hydrogen-bond donors (Lipinski definition) is 3. The molecule has 33 heavy (non-hydrogen) atoms. The number of carbonyl (C=O) groups excluding carboxylic acids is 1. The zero-order valence-electron chi connectivity index (χ0n) is 21.4. The first kappa shape index (κ1) is 31.7. The van der Waals surface area contributed by atoms with Crippen molar-refractivity contribution in [3.05, 3.63) is 0 Å². The van der Waals surface area contributed by atoms with E-state index < -0.39 is 17.8 Å². The van der Waals surface area contributed by atoms with Crippen molar-refractivity contribution in [1.82, 2.24) is 10.6 Å². The van der Waals surface area contributed by atoms with Crippen molar-refractivity contribution in [2.45, 2.75) is 66.3 Å². The van der Waals surface area contributed by atoms with Gasteiger partial charge in [-0.1, -0.05) is 53.3 Å². The minimum Gasteiger partial charge on any atom is -0.481 e. The highest BCUT2D eigenvalue weighted by Gasteiger charge is 2.35. The van der Waals surface area contributed by atoms with Gasteiger partial charge in [0.25, 0.3) is 0 Å². The molecule has 3 N–H and O–H groups in total. The fraction of sp³-hybridized carbons (Fsp3) is 0.875. The number of aliphatic carboxylic acids is 1. The molecule has 194 valence electrons. The van der Waals surface area contributed by atoms with Crippen LogP contribution in [-0.2, 0) is 23.8 Å². The van der Waals surface area contributed by atoms with Gasteiger partial charge in [-0.2, -0.15) is 0 Å². The molecule has 0 bridgehead atoms. The van der Waals surface area contributed by atoms with Crippen LogP contribution in [0.15, 0.2) is 0 Å². The van der Waals surface area contributed by atoms with Gasteiger partial charge in [-0.15, -0.1) is 0 Å². The summed E-state index contributed by atoms with van der Waals surface area (Å²) in [6.07, 6.45) is 2.39. The lowest BCUT2D eigenvalue weighted by molar-refractivity contribution is -0.148. The van der Waals surface area contributed by atoms with Crippen molar-refractivity contribution < 1.29 is 28.9 Å². The van der Waals surface area contributed by atoms with E-state index in [0.717, 1.165) is 0 Å². The van der Waals surface area contributed by atoms with E-state index >= 15 is 0 Å². The van der Waals surface area contributed by atoms with Crippen molar-refractivity contribution >= 4 is 29.1 Å². The van der Waals surface area contributed by atoms with Crippen LogP contribution in [0.1, 0.15) is 60.3 Å². The minimum absolute atomic E-state index is 0.212. The van der Waals surface area contributed by atoms with Crippen LogP contribution >= 0.6 is 12.2 Å². The molecule has 0 saturated heterocycles. The molecule has 0 fully saturated rings. The van der Waals surface area contributed by atoms with Gasteiger partial charge in [0.1, 0.15) is 0 Å². The number of methoxy groups -OCH3 is 1. The van der Waals surface area contributed by atoms with Crippen LogP contribution in [-0.4, -0.2) is 74.7 Å². The number of carbonyl (C=O) groups is 2. The molecule has 9 heteroatoms. The zero-order chi connectivity index (χ0) is 25.2. The molecular formula is C24H46N2O6S. The normalized spacial score (nSPS) is 14.2. The predicted molar refractivity (Wildman–Crippen MR) is 134 cm³/mol. The Kier molecular flexibility index (Phi) is 18.3. The van der Waals surface area contributed by atoms with Crippen LogP contribution in [0.2, 0.25) is 0 Å². The van der Waals surface area contributed by atoms with Gasteiger partial charge in [0.05, 0.1) is 55.9 Å². The molecule has 8 nitrogen and oxygen atoms in total. The van der Waals surface area contributed by atoms with Crippen molar-refractivity contribution in [1.29, 1.82) is 0 Å². The van der Waals surface area contributed by atoms with Gasteiger partial charge in [0.15, 0.2) is 0 Å². The molecule has 3 atom stereocenters. The van der Waals surface area contributed by atoms with Crippen molar-refractivity contribution in [2.75, 3.05) is 46.7 Å². The SMILES string of the molecule is CCCC(C(=O)O)C(CC(C)C)C(=O)NC(CC(C)C)C(=S)NCCOCCOCCOC. The molecule has 0 spiro atoms. The lowest BCUT2D eigenvalue weighted by Gasteiger charge is -2.28. The molecular weight excluding hydrogens is 444 g/mol. The Morgan fingerprint density at radius 1 is 0.909 bits per heavy atom. The van der Waals surface area contributed by atoms with E-state index in [4.69, 9.17) is 26.4 Å². The van der Waals surface area contributed by atoms with Gasteiger partial charge >= 0.3 is 5.97 Å². The highest BCUT2D eigenvalue weighted by molar-refractivity contribution is 7.80. The first-order valence-corrected chi connectivity index (χ1v) is 12.5. The average molecular weight is 491 g/mol. The van der Waals surface area contributed by atoms with Crippen molar-refractivity contribution in [3.8, 4) is 0 Å². The quantitative estimate of drug-likeness (QED) is 0.176. The first-order chi connectivity index (χ1) is 15.6. The Morgan fingerprint density at radius 2 is 1.48 bits per heavy atom. The van der Waals surface area contributed by atoms with E-state index in [0.29, 0.717) is 76.2 Å². The van der Waals surface area contributed by atoms with Gasteiger partial charge in [0, 0.05) is 13.7 Å². The second-order valence-electron chi connectivity index (χ2n) is 9.17. The highest BCUT2D eigenvalue weighted by atomic mass is 32.1. The predicted octanol–water partition coefficient (Wildman–Crippen LogP) is 3.28. The topological polar surface area (TPSA) is 106 Å². The summed E-state index contributed by atoms with van der Waals surface area (Å²) in [5.74, 6) is -1.90. The van der Waals surface area contributed by atoms with Crippen LogP contribution in [0, 0.1) is 23.7 Å². The fourth-order valence-electron chi connectivity index (χ4n) is 3.59. The fourth-order valence-corrected chi connectivity index (χ4v) is 3.84. The lowest BCUT2D eigenvalue weighted by atomic mass is 9.82. The molecule has 1 amide bonds. The number of carboxylic acids is 1. The Labute approximate surface area is 205 Å². The molecule has 0 heterocycles. The van der Waals surface area contributed by atoms with Crippen LogP contribution in [0.25, 0.3) is 0 Å². The number of rotatable bonds is 20. The Balaban J connectivity index is 4.87. The molecule has 0 aromatic heterocycles. The molecule has 0 aromatic carbocycles. The van der Waals surface area contributed by atoms with Crippen LogP contribution in [0.5, 0.6) is 0 Å². The summed E-state index contributed by atoms with van der Waals surface area (Å²) in [6, 6.07) is -0.351. The maximum atomic E-state index is 13.2. The second kappa shape index (κ2) is 19.1.